The van der Waals surface area contributed by atoms with E-state index in [1.54, 1.807) is 6.08 Å². The Balaban J connectivity index is 1.43. The lowest BCUT2D eigenvalue weighted by Gasteiger charge is -2.50. The summed E-state index contributed by atoms with van der Waals surface area (Å²) in [5.41, 5.74) is 0. The maximum Gasteiger partial charge on any atom is 0.220 e. The fraction of sp³-hybridized carbons (Fsp3) is 0.935. The molecule has 2 amide bonds. The number of aliphatic hydroxyl groups excluding tert-OH is 13. The molecule has 0 aromatic rings. The standard InChI is InChI=1S/C62H114N2O23/c1-4-6-8-10-12-14-16-18-19-21-23-25-27-29-31-33-46(71)64-40(41(70)32-30-28-26-24-22-20-17-15-13-11-9-7-5-2)38-80-60-54(78)52(76)56(44(36-67)83-60)85-62-55(79)58(87-61-53(77)51(75)49(73)43(35-66)82-61)57(45(37-68)84-62)86-59-47(63-39(3)69)50(74)48(72)42(34-65)81-59/h30,32,40-45,47-62,65-68,70,72-79H,4-29,31,33-38H2,1-3H3,(H,63,69)(H,64,71)/b32-30+/t40-,41+,42?,43?,44?,45?,47?,48-,49-,50+,51-,52+,53?,54?,55?,56+,57-,58+,59-,60+,61+,62-/m0/s1. The lowest BCUT2D eigenvalue weighted by molar-refractivity contribution is -0.395. The van der Waals surface area contributed by atoms with Gasteiger partial charge in [0.25, 0.3) is 0 Å². The molecule has 4 fully saturated rings. The van der Waals surface area contributed by atoms with Crippen molar-refractivity contribution in [3.63, 3.8) is 0 Å². The molecule has 15 N–H and O–H groups in total. The molecule has 87 heavy (non-hydrogen) atoms. The summed E-state index contributed by atoms with van der Waals surface area (Å²) >= 11 is 0. The van der Waals surface area contributed by atoms with Gasteiger partial charge < -0.3 is 115 Å². The lowest BCUT2D eigenvalue weighted by Crippen LogP contribution is -2.69. The molecule has 4 heterocycles. The van der Waals surface area contributed by atoms with Gasteiger partial charge in [-0.2, -0.15) is 0 Å². The SMILES string of the molecule is CCCCCCCCCCCCC/C=C/[C@@H](O)[C@H](CO[C@@H]1OC(CO)[C@@H](O[C@@H]2OC(CO)[C@H](O[C@@H]3OC(CO)[C@H](O)[C@H](O)C3NC(C)=O)[C@H](O[C@H]3OC(CO)[C@H](O)[C@H](O)C3O)C2O)[C@H](O)C1O)NC(=O)CCCCCCCCCCCCCCCCC. The van der Waals surface area contributed by atoms with E-state index in [1.165, 1.54) is 116 Å². The largest absolute Gasteiger partial charge is 0.394 e. The lowest BCUT2D eigenvalue weighted by atomic mass is 9.94. The van der Waals surface area contributed by atoms with Crippen LogP contribution in [-0.4, -0.2) is 246 Å². The van der Waals surface area contributed by atoms with E-state index in [4.69, 9.17) is 37.9 Å². The molecule has 4 saturated heterocycles. The van der Waals surface area contributed by atoms with Crippen LogP contribution in [0.25, 0.3) is 0 Å². The minimum atomic E-state index is -2.17. The first kappa shape index (κ1) is 77.3. The Morgan fingerprint density at radius 2 is 0.851 bits per heavy atom. The fourth-order valence-electron chi connectivity index (χ4n) is 11.7. The average molecular weight is 1260 g/mol. The number of ether oxygens (including phenoxy) is 8. The van der Waals surface area contributed by atoms with Crippen LogP contribution in [0.5, 0.6) is 0 Å². The van der Waals surface area contributed by atoms with Gasteiger partial charge in [-0.25, -0.2) is 0 Å². The molecule has 510 valence electrons. The monoisotopic (exact) mass is 1250 g/mol. The highest BCUT2D eigenvalue weighted by molar-refractivity contribution is 5.76. The summed E-state index contributed by atoms with van der Waals surface area (Å²) in [7, 11) is 0. The summed E-state index contributed by atoms with van der Waals surface area (Å²) in [6.45, 7) is 1.48. The number of unbranched alkanes of at least 4 members (excludes halogenated alkanes) is 25. The number of carbonyl (C=O) groups excluding carboxylic acids is 2. The molecular weight excluding hydrogens is 1140 g/mol. The van der Waals surface area contributed by atoms with Crippen LogP contribution in [0.4, 0.5) is 0 Å². The Morgan fingerprint density at radius 1 is 0.448 bits per heavy atom. The number of amides is 2. The maximum absolute atomic E-state index is 13.4. The van der Waals surface area contributed by atoms with Gasteiger partial charge in [-0.05, 0) is 19.3 Å². The predicted octanol–water partition coefficient (Wildman–Crippen LogP) is 1.78. The highest BCUT2D eigenvalue weighted by Crippen LogP contribution is 2.36. The van der Waals surface area contributed by atoms with Gasteiger partial charge in [0.05, 0.1) is 45.2 Å². The van der Waals surface area contributed by atoms with Crippen molar-refractivity contribution in [2.75, 3.05) is 33.0 Å². The topological polar surface area (TPSA) is 395 Å². The third kappa shape index (κ3) is 26.0. The summed E-state index contributed by atoms with van der Waals surface area (Å²) in [6.07, 6.45) is -1.05. The van der Waals surface area contributed by atoms with Crippen molar-refractivity contribution in [3.8, 4) is 0 Å². The van der Waals surface area contributed by atoms with E-state index in [1.807, 2.05) is 6.08 Å². The molecule has 0 radical (unpaired) electrons. The smallest absolute Gasteiger partial charge is 0.220 e. The Kier molecular flexibility index (Phi) is 38.8. The van der Waals surface area contributed by atoms with Crippen LogP contribution < -0.4 is 10.6 Å². The van der Waals surface area contributed by atoms with Crippen LogP contribution in [0.2, 0.25) is 0 Å². The Labute approximate surface area is 515 Å². The summed E-state index contributed by atoms with van der Waals surface area (Å²) in [5, 5.41) is 147. The molecule has 8 unspecified atom stereocenters. The normalized spacial score (nSPS) is 33.8. The molecule has 0 saturated carbocycles. The van der Waals surface area contributed by atoms with E-state index in [-0.39, 0.29) is 12.3 Å². The zero-order valence-electron chi connectivity index (χ0n) is 52.1. The fourth-order valence-corrected chi connectivity index (χ4v) is 11.7. The molecular formula is C62H114N2O23. The molecule has 4 aliphatic heterocycles. The van der Waals surface area contributed by atoms with Crippen LogP contribution in [0.1, 0.15) is 201 Å². The van der Waals surface area contributed by atoms with Crippen LogP contribution in [0.3, 0.4) is 0 Å². The van der Waals surface area contributed by atoms with Gasteiger partial charge in [0.15, 0.2) is 25.2 Å². The molecule has 0 bridgehead atoms. The van der Waals surface area contributed by atoms with Crippen LogP contribution in [-0.2, 0) is 47.5 Å². The molecule has 0 aliphatic carbocycles. The first-order valence-electron chi connectivity index (χ1n) is 32.9. The van der Waals surface area contributed by atoms with E-state index in [9.17, 15) is 76.0 Å². The minimum Gasteiger partial charge on any atom is -0.394 e. The Morgan fingerprint density at radius 3 is 1.36 bits per heavy atom. The number of allylic oxidation sites excluding steroid dienone is 1. The van der Waals surface area contributed by atoms with Gasteiger partial charge >= 0.3 is 0 Å². The number of rotatable bonds is 45. The summed E-state index contributed by atoms with van der Waals surface area (Å²) < 4.78 is 47.4. The molecule has 0 aromatic heterocycles. The van der Waals surface area contributed by atoms with Crippen molar-refractivity contribution in [3.05, 3.63) is 12.2 Å². The van der Waals surface area contributed by atoms with Crippen LogP contribution >= 0.6 is 0 Å². The number of hydrogen-bond acceptors (Lipinski definition) is 23. The van der Waals surface area contributed by atoms with Crippen molar-refractivity contribution in [2.24, 2.45) is 0 Å². The Bertz CT molecular complexity index is 1830. The van der Waals surface area contributed by atoms with Crippen molar-refractivity contribution in [1.82, 2.24) is 10.6 Å². The molecule has 25 heteroatoms. The highest BCUT2D eigenvalue weighted by atomic mass is 16.8. The maximum atomic E-state index is 13.4. The average Bonchev–Trinajstić information content (AvgIpc) is 0.975. The van der Waals surface area contributed by atoms with Crippen molar-refractivity contribution in [2.45, 2.75) is 335 Å². The van der Waals surface area contributed by atoms with Gasteiger partial charge in [-0.3, -0.25) is 9.59 Å². The van der Waals surface area contributed by atoms with Crippen LogP contribution in [0.15, 0.2) is 12.2 Å². The van der Waals surface area contributed by atoms with Gasteiger partial charge in [0.2, 0.25) is 11.8 Å². The minimum absolute atomic E-state index is 0.202. The van der Waals surface area contributed by atoms with Gasteiger partial charge in [0, 0.05) is 13.3 Å². The van der Waals surface area contributed by atoms with E-state index in [0.717, 1.165) is 51.9 Å². The van der Waals surface area contributed by atoms with Crippen molar-refractivity contribution < 1.29 is 114 Å². The molecule has 0 spiro atoms. The van der Waals surface area contributed by atoms with Crippen molar-refractivity contribution in [1.29, 1.82) is 0 Å². The molecule has 4 rings (SSSR count). The predicted molar refractivity (Wildman–Crippen MR) is 317 cm³/mol. The van der Waals surface area contributed by atoms with E-state index in [2.05, 4.69) is 24.5 Å². The number of nitrogens with one attached hydrogen (secondary N) is 2. The summed E-state index contributed by atoms with van der Waals surface area (Å²) in [4.78, 5) is 25.7. The van der Waals surface area contributed by atoms with Gasteiger partial charge in [-0.15, -0.1) is 0 Å². The zero-order chi connectivity index (χ0) is 63.7. The second-order valence-electron chi connectivity index (χ2n) is 24.3. The Hall–Kier alpha value is -2.16. The zero-order valence-corrected chi connectivity index (χ0v) is 52.1. The third-order valence-corrected chi connectivity index (χ3v) is 17.1. The molecule has 0 aromatic carbocycles. The number of hydrogen-bond donors (Lipinski definition) is 15. The highest BCUT2D eigenvalue weighted by Gasteiger charge is 2.57. The molecule has 4 aliphatic rings. The first-order chi connectivity index (χ1) is 42.0. The second kappa shape index (κ2) is 43.6. The van der Waals surface area contributed by atoms with Gasteiger partial charge in [0.1, 0.15) is 97.6 Å². The number of aliphatic hydroxyl groups is 13. The molecule has 25 nitrogen and oxygen atoms in total. The van der Waals surface area contributed by atoms with E-state index < -0.39 is 174 Å². The first-order valence-corrected chi connectivity index (χ1v) is 32.9. The quantitative estimate of drug-likeness (QED) is 0.0305. The second-order valence-corrected chi connectivity index (χ2v) is 24.3. The van der Waals surface area contributed by atoms with Gasteiger partial charge in [-0.1, -0.05) is 180 Å². The summed E-state index contributed by atoms with van der Waals surface area (Å²) in [6, 6.07) is -2.61. The third-order valence-electron chi connectivity index (χ3n) is 17.1. The van der Waals surface area contributed by atoms with Crippen molar-refractivity contribution >= 4 is 11.8 Å². The van der Waals surface area contributed by atoms with Crippen LogP contribution in [0, 0.1) is 0 Å². The summed E-state index contributed by atoms with van der Waals surface area (Å²) in [5.74, 6) is -1.04. The molecule has 22 atom stereocenters. The van der Waals surface area contributed by atoms with E-state index >= 15 is 0 Å². The van der Waals surface area contributed by atoms with E-state index in [0.29, 0.717) is 12.8 Å². The number of carbonyl (C=O) groups is 2.